The van der Waals surface area contributed by atoms with Gasteiger partial charge in [0.2, 0.25) is 0 Å². The van der Waals surface area contributed by atoms with Crippen LogP contribution in [0.4, 0.5) is 0 Å². The topological polar surface area (TPSA) is 85.0 Å². The Kier molecular flexibility index (Phi) is 4.56. The molecule has 6 nitrogen and oxygen atoms in total. The van der Waals surface area contributed by atoms with E-state index in [2.05, 4.69) is 11.2 Å². The second-order valence-corrected chi connectivity index (χ2v) is 5.18. The fourth-order valence-corrected chi connectivity index (χ4v) is 2.24. The van der Waals surface area contributed by atoms with Crippen LogP contribution < -0.4 is 5.56 Å². The van der Waals surface area contributed by atoms with E-state index in [9.17, 15) is 9.59 Å². The molecular formula is C16H17N3O3. The molecule has 0 aliphatic carbocycles. The van der Waals surface area contributed by atoms with Crippen LogP contribution >= 0.6 is 0 Å². The standard InChI is InChI=1S/C16H17N3O3/c1-4-22-14(20)9-19-16(21)12-6-5-11(8-17)7-13(12)15(18-19)10(2)3/h5-7,10H,4,9H2,1-3H3. The molecule has 0 unspecified atom stereocenters. The van der Waals surface area contributed by atoms with Gasteiger partial charge in [0.25, 0.3) is 5.56 Å². The Bertz CT molecular complexity index is 816. The van der Waals surface area contributed by atoms with E-state index in [4.69, 9.17) is 10.00 Å². The molecular weight excluding hydrogens is 282 g/mol. The van der Waals surface area contributed by atoms with Gasteiger partial charge in [0.15, 0.2) is 0 Å². The zero-order valence-electron chi connectivity index (χ0n) is 12.8. The van der Waals surface area contributed by atoms with Crippen molar-refractivity contribution in [1.29, 1.82) is 5.26 Å². The number of rotatable bonds is 4. The minimum Gasteiger partial charge on any atom is -0.465 e. The predicted molar refractivity (Wildman–Crippen MR) is 81.4 cm³/mol. The van der Waals surface area contributed by atoms with Crippen molar-refractivity contribution in [3.8, 4) is 6.07 Å². The maximum absolute atomic E-state index is 12.5. The first-order chi connectivity index (χ1) is 10.5. The van der Waals surface area contributed by atoms with Crippen LogP contribution in [0.5, 0.6) is 0 Å². The second kappa shape index (κ2) is 6.39. The first-order valence-electron chi connectivity index (χ1n) is 7.08. The fourth-order valence-electron chi connectivity index (χ4n) is 2.24. The Balaban J connectivity index is 2.66. The molecule has 0 atom stereocenters. The number of fused-ring (bicyclic) bond motifs is 1. The third-order valence-corrected chi connectivity index (χ3v) is 3.25. The third-order valence-electron chi connectivity index (χ3n) is 3.25. The number of benzene rings is 1. The number of aromatic nitrogens is 2. The Hall–Kier alpha value is -2.68. The Morgan fingerprint density at radius 3 is 2.73 bits per heavy atom. The molecule has 0 aliphatic heterocycles. The van der Waals surface area contributed by atoms with Crippen molar-refractivity contribution in [2.45, 2.75) is 33.2 Å². The molecule has 0 saturated carbocycles. The second-order valence-electron chi connectivity index (χ2n) is 5.18. The van der Waals surface area contributed by atoms with Crippen molar-refractivity contribution in [3.05, 3.63) is 39.8 Å². The first kappa shape index (κ1) is 15.7. The van der Waals surface area contributed by atoms with Gasteiger partial charge in [-0.1, -0.05) is 13.8 Å². The number of nitriles is 1. The quantitative estimate of drug-likeness (QED) is 0.806. The third kappa shape index (κ3) is 2.98. The number of nitrogens with zero attached hydrogens (tertiary/aromatic N) is 3. The van der Waals surface area contributed by atoms with Crippen LogP contribution in [0.1, 0.15) is 37.9 Å². The van der Waals surface area contributed by atoms with E-state index in [1.165, 1.54) is 0 Å². The van der Waals surface area contributed by atoms with E-state index in [-0.39, 0.29) is 24.6 Å². The Morgan fingerprint density at radius 1 is 1.41 bits per heavy atom. The molecule has 1 aromatic heterocycles. The maximum Gasteiger partial charge on any atom is 0.327 e. The van der Waals surface area contributed by atoms with Gasteiger partial charge in [0, 0.05) is 5.39 Å². The van der Waals surface area contributed by atoms with Crippen LogP contribution in [0.15, 0.2) is 23.0 Å². The van der Waals surface area contributed by atoms with Crippen molar-refractivity contribution in [1.82, 2.24) is 9.78 Å². The van der Waals surface area contributed by atoms with Crippen molar-refractivity contribution in [2.24, 2.45) is 0 Å². The van der Waals surface area contributed by atoms with E-state index in [1.54, 1.807) is 25.1 Å². The van der Waals surface area contributed by atoms with Gasteiger partial charge >= 0.3 is 5.97 Å². The lowest BCUT2D eigenvalue weighted by Gasteiger charge is -2.13. The fraction of sp³-hybridized carbons (Fsp3) is 0.375. The minimum atomic E-state index is -0.500. The van der Waals surface area contributed by atoms with Gasteiger partial charge in [-0.2, -0.15) is 10.4 Å². The van der Waals surface area contributed by atoms with Crippen LogP contribution in [0.2, 0.25) is 0 Å². The zero-order valence-corrected chi connectivity index (χ0v) is 12.8. The molecule has 0 saturated heterocycles. The average Bonchev–Trinajstić information content (AvgIpc) is 2.49. The minimum absolute atomic E-state index is 0.0467. The summed E-state index contributed by atoms with van der Waals surface area (Å²) in [6.45, 7) is 5.63. The summed E-state index contributed by atoms with van der Waals surface area (Å²) in [6.07, 6.45) is 0. The van der Waals surface area contributed by atoms with Gasteiger partial charge in [0.1, 0.15) is 6.54 Å². The highest BCUT2D eigenvalue weighted by Crippen LogP contribution is 2.22. The van der Waals surface area contributed by atoms with Crippen LogP contribution in [0.25, 0.3) is 10.8 Å². The van der Waals surface area contributed by atoms with E-state index in [0.717, 1.165) is 4.68 Å². The normalized spacial score (nSPS) is 10.7. The molecule has 1 aromatic carbocycles. The highest BCUT2D eigenvalue weighted by atomic mass is 16.5. The first-order valence-corrected chi connectivity index (χ1v) is 7.08. The van der Waals surface area contributed by atoms with E-state index < -0.39 is 5.97 Å². The van der Waals surface area contributed by atoms with Crippen molar-refractivity contribution >= 4 is 16.7 Å². The number of carbonyl (C=O) groups excluding carboxylic acids is 1. The van der Waals surface area contributed by atoms with Crippen LogP contribution in [-0.2, 0) is 16.1 Å². The van der Waals surface area contributed by atoms with E-state index in [0.29, 0.717) is 22.0 Å². The van der Waals surface area contributed by atoms with Gasteiger partial charge in [-0.05, 0) is 31.0 Å². The Labute approximate surface area is 127 Å². The summed E-state index contributed by atoms with van der Waals surface area (Å²) in [5.41, 5.74) is 0.784. The molecule has 0 aliphatic rings. The molecule has 0 bridgehead atoms. The summed E-state index contributed by atoms with van der Waals surface area (Å²) < 4.78 is 5.99. The van der Waals surface area contributed by atoms with Gasteiger partial charge in [-0.15, -0.1) is 0 Å². The van der Waals surface area contributed by atoms with Crippen LogP contribution in [-0.4, -0.2) is 22.4 Å². The maximum atomic E-state index is 12.5. The van der Waals surface area contributed by atoms with E-state index >= 15 is 0 Å². The number of esters is 1. The van der Waals surface area contributed by atoms with Gasteiger partial charge in [-0.25, -0.2) is 4.68 Å². The average molecular weight is 299 g/mol. The molecule has 22 heavy (non-hydrogen) atoms. The predicted octanol–water partition coefficient (Wildman–Crippen LogP) is 1.95. The van der Waals surface area contributed by atoms with Crippen LogP contribution in [0.3, 0.4) is 0 Å². The summed E-state index contributed by atoms with van der Waals surface area (Å²) >= 11 is 0. The van der Waals surface area contributed by atoms with Gasteiger partial charge < -0.3 is 4.74 Å². The summed E-state index contributed by atoms with van der Waals surface area (Å²) in [4.78, 5) is 24.1. The zero-order chi connectivity index (χ0) is 16.3. The lowest BCUT2D eigenvalue weighted by molar-refractivity contribution is -0.144. The highest BCUT2D eigenvalue weighted by Gasteiger charge is 2.16. The summed E-state index contributed by atoms with van der Waals surface area (Å²) in [7, 11) is 0. The number of ether oxygens (including phenoxy) is 1. The van der Waals surface area contributed by atoms with Crippen molar-refractivity contribution in [3.63, 3.8) is 0 Å². The molecule has 6 heteroatoms. The van der Waals surface area contributed by atoms with Crippen molar-refractivity contribution < 1.29 is 9.53 Å². The van der Waals surface area contributed by atoms with Crippen molar-refractivity contribution in [2.75, 3.05) is 6.61 Å². The molecule has 0 N–H and O–H groups in total. The van der Waals surface area contributed by atoms with E-state index in [1.807, 2.05) is 13.8 Å². The molecule has 0 amide bonds. The molecule has 0 fully saturated rings. The van der Waals surface area contributed by atoms with Gasteiger partial charge in [0.05, 0.1) is 29.3 Å². The summed E-state index contributed by atoms with van der Waals surface area (Å²) in [6, 6.07) is 6.91. The van der Waals surface area contributed by atoms with Gasteiger partial charge in [-0.3, -0.25) is 9.59 Å². The molecule has 1 heterocycles. The number of hydrogen-bond donors (Lipinski definition) is 0. The SMILES string of the molecule is CCOC(=O)Cn1nc(C(C)C)c2cc(C#N)ccc2c1=O. The smallest absolute Gasteiger partial charge is 0.327 e. The largest absolute Gasteiger partial charge is 0.465 e. The lowest BCUT2D eigenvalue weighted by Crippen LogP contribution is -2.29. The summed E-state index contributed by atoms with van der Waals surface area (Å²) in [5.74, 6) is -0.453. The molecule has 114 valence electrons. The molecule has 2 rings (SSSR count). The highest BCUT2D eigenvalue weighted by molar-refractivity contribution is 5.85. The molecule has 0 radical (unpaired) electrons. The molecule has 0 spiro atoms. The monoisotopic (exact) mass is 299 g/mol. The molecule has 2 aromatic rings. The number of hydrogen-bond acceptors (Lipinski definition) is 5. The lowest BCUT2D eigenvalue weighted by atomic mass is 10.0. The summed E-state index contributed by atoms with van der Waals surface area (Å²) in [5, 5.41) is 14.4. The Morgan fingerprint density at radius 2 is 2.14 bits per heavy atom. The number of carbonyl (C=O) groups is 1. The van der Waals surface area contributed by atoms with Crippen LogP contribution in [0, 0.1) is 11.3 Å².